The van der Waals surface area contributed by atoms with Crippen molar-refractivity contribution < 1.29 is 4.79 Å². The molecule has 1 N–H and O–H groups in total. The standard InChI is InChI=1S/C24H21N3OS/c1-3-4-12-19-17(2)26-23(27(24(19)28)18-10-6-5-7-11-18)22-15-14-21(29-22)20-13-8-9-16-25-20/h3-16,23,26H,2H2,1H3/b4-3-,19-12+. The Labute approximate surface area is 174 Å². The van der Waals surface area contributed by atoms with Crippen LogP contribution in [0.4, 0.5) is 5.69 Å². The highest BCUT2D eigenvalue weighted by atomic mass is 32.1. The lowest BCUT2D eigenvalue weighted by molar-refractivity contribution is -0.116. The van der Waals surface area contributed by atoms with Gasteiger partial charge < -0.3 is 5.32 Å². The molecule has 0 saturated carbocycles. The predicted octanol–water partition coefficient (Wildman–Crippen LogP) is 5.46. The van der Waals surface area contributed by atoms with Crippen molar-refractivity contribution in [1.29, 1.82) is 0 Å². The van der Waals surface area contributed by atoms with E-state index >= 15 is 0 Å². The number of para-hydroxylation sites is 1. The Balaban J connectivity index is 1.76. The molecule has 1 aromatic carbocycles. The lowest BCUT2D eigenvalue weighted by Gasteiger charge is -2.38. The van der Waals surface area contributed by atoms with E-state index in [9.17, 15) is 4.79 Å². The molecule has 1 unspecified atom stereocenters. The smallest absolute Gasteiger partial charge is 0.262 e. The maximum absolute atomic E-state index is 13.4. The lowest BCUT2D eigenvalue weighted by Crippen LogP contribution is -2.48. The molecular weight excluding hydrogens is 378 g/mol. The summed E-state index contributed by atoms with van der Waals surface area (Å²) < 4.78 is 0. The van der Waals surface area contributed by atoms with Gasteiger partial charge >= 0.3 is 0 Å². The van der Waals surface area contributed by atoms with Crippen LogP contribution in [0.25, 0.3) is 10.6 Å². The summed E-state index contributed by atoms with van der Waals surface area (Å²) >= 11 is 1.62. The van der Waals surface area contributed by atoms with Crippen LogP contribution >= 0.6 is 11.3 Å². The van der Waals surface area contributed by atoms with Gasteiger partial charge in [0.25, 0.3) is 5.91 Å². The summed E-state index contributed by atoms with van der Waals surface area (Å²) in [6.45, 7) is 6.02. The van der Waals surface area contributed by atoms with Crippen molar-refractivity contribution in [2.45, 2.75) is 13.1 Å². The number of thiophene rings is 1. The van der Waals surface area contributed by atoms with E-state index in [-0.39, 0.29) is 12.1 Å². The molecule has 5 heteroatoms. The number of anilines is 1. The summed E-state index contributed by atoms with van der Waals surface area (Å²) in [7, 11) is 0. The number of pyridine rings is 1. The minimum absolute atomic E-state index is 0.0733. The van der Waals surface area contributed by atoms with Crippen molar-refractivity contribution in [2.75, 3.05) is 4.90 Å². The number of nitrogens with one attached hydrogen (secondary N) is 1. The summed E-state index contributed by atoms with van der Waals surface area (Å²) in [5.41, 5.74) is 2.94. The van der Waals surface area contributed by atoms with Gasteiger partial charge in [-0.25, -0.2) is 0 Å². The zero-order valence-electron chi connectivity index (χ0n) is 16.1. The maximum Gasteiger partial charge on any atom is 0.262 e. The number of allylic oxidation sites excluding steroid dienone is 3. The fourth-order valence-corrected chi connectivity index (χ4v) is 4.27. The summed E-state index contributed by atoms with van der Waals surface area (Å²) in [5, 5.41) is 3.43. The fourth-order valence-electron chi connectivity index (χ4n) is 3.25. The number of hydrogen-bond acceptors (Lipinski definition) is 4. The van der Waals surface area contributed by atoms with Gasteiger partial charge in [-0.15, -0.1) is 11.3 Å². The summed E-state index contributed by atoms with van der Waals surface area (Å²) in [5.74, 6) is -0.0733. The normalized spacial score (nSPS) is 18.4. The van der Waals surface area contributed by atoms with Crippen LogP contribution in [0, 0.1) is 0 Å². The molecule has 1 amide bonds. The van der Waals surface area contributed by atoms with E-state index in [1.54, 1.807) is 28.5 Å². The van der Waals surface area contributed by atoms with E-state index in [0.717, 1.165) is 21.1 Å². The number of carbonyl (C=O) groups excluding carboxylic acids is 1. The molecule has 1 saturated heterocycles. The second kappa shape index (κ2) is 8.29. The number of rotatable bonds is 4. The Bertz CT molecular complexity index is 1080. The zero-order valence-corrected chi connectivity index (χ0v) is 16.9. The molecule has 144 valence electrons. The second-order valence-corrected chi connectivity index (χ2v) is 7.67. The van der Waals surface area contributed by atoms with Crippen LogP contribution < -0.4 is 10.2 Å². The molecule has 0 radical (unpaired) electrons. The number of benzene rings is 1. The van der Waals surface area contributed by atoms with Crippen LogP contribution in [0.5, 0.6) is 0 Å². The third-order valence-corrected chi connectivity index (χ3v) is 5.81. The molecule has 0 spiro atoms. The van der Waals surface area contributed by atoms with E-state index in [4.69, 9.17) is 0 Å². The van der Waals surface area contributed by atoms with Crippen molar-refractivity contribution in [1.82, 2.24) is 10.3 Å². The molecule has 2 aromatic heterocycles. The number of aromatic nitrogens is 1. The molecule has 1 atom stereocenters. The summed E-state index contributed by atoms with van der Waals surface area (Å²) in [4.78, 5) is 21.7. The topological polar surface area (TPSA) is 45.2 Å². The molecule has 4 rings (SSSR count). The minimum atomic E-state index is -0.331. The van der Waals surface area contributed by atoms with Crippen LogP contribution in [0.3, 0.4) is 0 Å². The van der Waals surface area contributed by atoms with E-state index in [0.29, 0.717) is 11.3 Å². The van der Waals surface area contributed by atoms with Crippen molar-refractivity contribution in [2.24, 2.45) is 0 Å². The third-order valence-electron chi connectivity index (χ3n) is 4.65. The monoisotopic (exact) mass is 399 g/mol. The molecule has 0 bridgehead atoms. The Morgan fingerprint density at radius 1 is 1.10 bits per heavy atom. The molecule has 29 heavy (non-hydrogen) atoms. The van der Waals surface area contributed by atoms with Gasteiger partial charge in [-0.3, -0.25) is 14.7 Å². The minimum Gasteiger partial charge on any atom is -0.360 e. The van der Waals surface area contributed by atoms with E-state index in [1.165, 1.54) is 0 Å². The van der Waals surface area contributed by atoms with E-state index in [1.807, 2.05) is 79.7 Å². The number of nitrogens with zero attached hydrogens (tertiary/aromatic N) is 2. The van der Waals surface area contributed by atoms with Gasteiger partial charge in [0.15, 0.2) is 0 Å². The number of amides is 1. The Morgan fingerprint density at radius 2 is 1.90 bits per heavy atom. The highest BCUT2D eigenvalue weighted by Crippen LogP contribution is 2.38. The van der Waals surface area contributed by atoms with Crippen LogP contribution in [0.2, 0.25) is 0 Å². The van der Waals surface area contributed by atoms with E-state index in [2.05, 4.69) is 16.9 Å². The van der Waals surface area contributed by atoms with Crippen molar-refractivity contribution in [3.05, 3.63) is 108 Å². The van der Waals surface area contributed by atoms with Gasteiger partial charge in [0.2, 0.25) is 0 Å². The van der Waals surface area contributed by atoms with E-state index < -0.39 is 0 Å². The summed E-state index contributed by atoms with van der Waals surface area (Å²) in [6.07, 6.45) is 7.01. The Kier molecular flexibility index (Phi) is 5.40. The van der Waals surface area contributed by atoms with Gasteiger partial charge in [0.1, 0.15) is 6.17 Å². The highest BCUT2D eigenvalue weighted by Gasteiger charge is 2.36. The molecular formula is C24H21N3OS. The average Bonchev–Trinajstić information content (AvgIpc) is 3.25. The molecule has 1 aliphatic rings. The molecule has 3 heterocycles. The van der Waals surface area contributed by atoms with Gasteiger partial charge in [-0.2, -0.15) is 0 Å². The van der Waals surface area contributed by atoms with Crippen LogP contribution in [0.1, 0.15) is 18.0 Å². The molecule has 3 aromatic rings. The number of hydrogen-bond donors (Lipinski definition) is 1. The quantitative estimate of drug-likeness (QED) is 0.593. The maximum atomic E-state index is 13.4. The van der Waals surface area contributed by atoms with Crippen molar-refractivity contribution in [3.8, 4) is 10.6 Å². The van der Waals surface area contributed by atoms with Crippen molar-refractivity contribution >= 4 is 22.9 Å². The first kappa shape index (κ1) is 18.9. The first-order valence-electron chi connectivity index (χ1n) is 9.37. The van der Waals surface area contributed by atoms with Gasteiger partial charge in [0.05, 0.1) is 16.1 Å². The first-order chi connectivity index (χ1) is 14.2. The predicted molar refractivity (Wildman–Crippen MR) is 119 cm³/mol. The zero-order chi connectivity index (χ0) is 20.2. The Hall–Kier alpha value is -3.44. The van der Waals surface area contributed by atoms with Crippen LogP contribution in [-0.2, 0) is 4.79 Å². The lowest BCUT2D eigenvalue weighted by atomic mass is 10.0. The summed E-state index contributed by atoms with van der Waals surface area (Å²) in [6, 6.07) is 19.7. The molecule has 4 nitrogen and oxygen atoms in total. The van der Waals surface area contributed by atoms with Gasteiger partial charge in [0, 0.05) is 22.5 Å². The first-order valence-corrected chi connectivity index (χ1v) is 10.2. The SMILES string of the molecule is C=C1NC(c2ccc(-c3ccccn3)s2)N(c2ccccc2)C(=O)/C1=C/C=C\C. The third kappa shape index (κ3) is 3.77. The molecule has 0 aliphatic carbocycles. The van der Waals surface area contributed by atoms with Crippen LogP contribution in [0.15, 0.2) is 103 Å². The Morgan fingerprint density at radius 3 is 2.62 bits per heavy atom. The van der Waals surface area contributed by atoms with Gasteiger partial charge in [-0.1, -0.05) is 43.0 Å². The highest BCUT2D eigenvalue weighted by molar-refractivity contribution is 7.15. The van der Waals surface area contributed by atoms with Crippen molar-refractivity contribution in [3.63, 3.8) is 0 Å². The second-order valence-electron chi connectivity index (χ2n) is 6.56. The number of carbonyl (C=O) groups is 1. The van der Waals surface area contributed by atoms with Crippen LogP contribution in [-0.4, -0.2) is 10.9 Å². The molecule has 1 fully saturated rings. The largest absolute Gasteiger partial charge is 0.360 e. The average molecular weight is 400 g/mol. The molecule has 1 aliphatic heterocycles. The fraction of sp³-hybridized carbons (Fsp3) is 0.0833. The van der Waals surface area contributed by atoms with Gasteiger partial charge in [-0.05, 0) is 49.4 Å².